The highest BCUT2D eigenvalue weighted by atomic mass is 15.1. The van der Waals surface area contributed by atoms with Gasteiger partial charge in [0.2, 0.25) is 0 Å². The van der Waals surface area contributed by atoms with E-state index in [1.165, 1.54) is 56.2 Å². The first-order valence-corrected chi connectivity index (χ1v) is 12.9. The molecule has 0 aliphatic heterocycles. The summed E-state index contributed by atoms with van der Waals surface area (Å²) in [6.45, 7) is 5.16. The van der Waals surface area contributed by atoms with E-state index in [0.29, 0.717) is 11.5 Å². The zero-order chi connectivity index (χ0) is 22.2. The second-order valence-electron chi connectivity index (χ2n) is 11.6. The molecule has 0 bridgehead atoms. The fourth-order valence-corrected chi connectivity index (χ4v) is 8.45. The molecule has 0 saturated heterocycles. The average molecular weight is 455 g/mol. The number of nitrogens with zero attached hydrogens (tertiary/aromatic N) is 4. The largest absolute Gasteiger partial charge is 0.334 e. The van der Waals surface area contributed by atoms with Crippen LogP contribution in [0.15, 0.2) is 67.0 Å². The summed E-state index contributed by atoms with van der Waals surface area (Å²) in [5.41, 5.74) is 6.23. The van der Waals surface area contributed by atoms with Gasteiger partial charge in [-0.3, -0.25) is 0 Å². The van der Waals surface area contributed by atoms with E-state index in [-0.39, 0.29) is 12.8 Å². The maximum absolute atomic E-state index is 4.71. The van der Waals surface area contributed by atoms with Gasteiger partial charge in [0.15, 0.2) is 0 Å². The summed E-state index contributed by atoms with van der Waals surface area (Å²) in [7, 11) is 0. The van der Waals surface area contributed by atoms with Gasteiger partial charge in [0.1, 0.15) is 6.33 Å². The van der Waals surface area contributed by atoms with Crippen molar-refractivity contribution < 1.29 is 0 Å². The lowest BCUT2D eigenvalue weighted by molar-refractivity contribution is -0.0151. The van der Waals surface area contributed by atoms with Crippen LogP contribution in [0.25, 0.3) is 16.7 Å². The van der Waals surface area contributed by atoms with Gasteiger partial charge in [0.25, 0.3) is 0 Å². The van der Waals surface area contributed by atoms with Crippen LogP contribution in [-0.2, 0) is 0 Å². The van der Waals surface area contributed by atoms with Gasteiger partial charge in [-0.1, -0.05) is 51.1 Å². The molecule has 0 amide bonds. The summed E-state index contributed by atoms with van der Waals surface area (Å²) in [6.07, 6.45) is 22.3. The Kier molecular flexibility index (Phi) is 4.95. The Morgan fingerprint density at radius 1 is 0.941 bits per heavy atom. The molecule has 0 N–H and O–H groups in total. The fourth-order valence-electron chi connectivity index (χ4n) is 8.45. The molecule has 34 heavy (non-hydrogen) atoms. The van der Waals surface area contributed by atoms with E-state index in [1.54, 1.807) is 5.57 Å². The highest BCUT2D eigenvalue weighted by Gasteiger charge is 2.57. The third-order valence-corrected chi connectivity index (χ3v) is 10.3. The molecule has 3 unspecified atom stereocenters. The smallest absolute Gasteiger partial charge is 0.100 e. The molecule has 4 aliphatic rings. The Bertz CT molecular complexity index is 1260. The van der Waals surface area contributed by atoms with E-state index in [0.717, 1.165) is 23.3 Å². The Hall–Kier alpha value is -2.62. The zero-order valence-corrected chi connectivity index (χ0v) is 19.8. The number of hydrogen-bond acceptors (Lipinski definition) is 2. The summed E-state index contributed by atoms with van der Waals surface area (Å²) in [6, 6.07) is 9.17. The molecule has 4 heteroatoms. The summed E-state index contributed by atoms with van der Waals surface area (Å²) in [5, 5.41) is 0. The van der Waals surface area contributed by atoms with E-state index in [2.05, 4.69) is 76.9 Å². The highest BCUT2D eigenvalue weighted by Crippen LogP contribution is 2.66. The SMILES string of the molecule is C.C[C@]12CC[C@H](n3ccnc3)CC1=CCC1C2CC[C@]2(C)C(n3cnc4ccccc43)=CCC12. The number of fused-ring (bicyclic) bond motifs is 6. The van der Waals surface area contributed by atoms with Gasteiger partial charge in [-0.2, -0.15) is 0 Å². The van der Waals surface area contributed by atoms with Crippen LogP contribution in [-0.4, -0.2) is 19.1 Å². The van der Waals surface area contributed by atoms with Crippen molar-refractivity contribution in [2.75, 3.05) is 0 Å². The van der Waals surface area contributed by atoms with Crippen LogP contribution >= 0.6 is 0 Å². The molecular formula is C30H38N4. The van der Waals surface area contributed by atoms with Crippen LogP contribution in [0.1, 0.15) is 72.3 Å². The first kappa shape index (κ1) is 21.9. The summed E-state index contributed by atoms with van der Waals surface area (Å²) >= 11 is 0. The van der Waals surface area contributed by atoms with Crippen molar-refractivity contribution in [3.05, 3.63) is 67.0 Å². The van der Waals surface area contributed by atoms with Crippen LogP contribution in [0.5, 0.6) is 0 Å². The number of aromatic nitrogens is 4. The molecule has 1 aromatic carbocycles. The van der Waals surface area contributed by atoms with Gasteiger partial charge in [0, 0.05) is 29.5 Å². The van der Waals surface area contributed by atoms with E-state index in [9.17, 15) is 0 Å². The van der Waals surface area contributed by atoms with Crippen molar-refractivity contribution >= 4 is 16.7 Å². The van der Waals surface area contributed by atoms with Gasteiger partial charge in [-0.05, 0) is 80.2 Å². The summed E-state index contributed by atoms with van der Waals surface area (Å²) in [5.74, 6) is 2.37. The molecule has 0 spiro atoms. The molecule has 2 aromatic heterocycles. The number of rotatable bonds is 2. The predicted molar refractivity (Wildman–Crippen MR) is 139 cm³/mol. The topological polar surface area (TPSA) is 35.6 Å². The predicted octanol–water partition coefficient (Wildman–Crippen LogP) is 7.52. The van der Waals surface area contributed by atoms with Crippen LogP contribution in [0.4, 0.5) is 0 Å². The molecule has 4 aliphatic carbocycles. The minimum Gasteiger partial charge on any atom is -0.334 e. The number of para-hydroxylation sites is 2. The van der Waals surface area contributed by atoms with Gasteiger partial charge in [0.05, 0.1) is 17.4 Å². The van der Waals surface area contributed by atoms with Crippen molar-refractivity contribution in [3.8, 4) is 0 Å². The first-order chi connectivity index (χ1) is 16.1. The number of benzene rings is 1. The van der Waals surface area contributed by atoms with Crippen molar-refractivity contribution in [1.29, 1.82) is 0 Å². The number of allylic oxidation sites excluding steroid dienone is 4. The van der Waals surface area contributed by atoms with Gasteiger partial charge in [-0.25, -0.2) is 9.97 Å². The first-order valence-electron chi connectivity index (χ1n) is 12.9. The molecule has 4 nitrogen and oxygen atoms in total. The second kappa shape index (κ2) is 7.69. The number of hydrogen-bond donors (Lipinski definition) is 0. The molecule has 2 fully saturated rings. The monoisotopic (exact) mass is 454 g/mol. The van der Waals surface area contributed by atoms with E-state index < -0.39 is 0 Å². The van der Waals surface area contributed by atoms with Crippen LogP contribution in [0.2, 0.25) is 0 Å². The Balaban J connectivity index is 0.00000217. The number of imidazole rings is 2. The lowest BCUT2D eigenvalue weighted by Crippen LogP contribution is -2.49. The van der Waals surface area contributed by atoms with Crippen LogP contribution in [0, 0.1) is 28.6 Å². The standard InChI is InChI=1S/C29H34N4.CH4/c1-28-13-11-21(32-16-15-30-18-32)17-20(28)7-8-22-23-9-10-27(29(23,2)14-12-24(22)28)33-19-31-25-5-3-4-6-26(25)33;/h3-7,10,15-16,18-19,21-24H,8-9,11-14,17H2,1-2H3;1H4/t21-,22?,23?,24?,28-,29-;/m0./s1. The molecule has 2 saturated carbocycles. The molecule has 2 heterocycles. The molecule has 6 atom stereocenters. The van der Waals surface area contributed by atoms with E-state index >= 15 is 0 Å². The lowest BCUT2D eigenvalue weighted by Gasteiger charge is -2.58. The summed E-state index contributed by atoms with van der Waals surface area (Å²) in [4.78, 5) is 9.02. The Labute approximate surface area is 203 Å². The third-order valence-electron chi connectivity index (χ3n) is 10.3. The van der Waals surface area contributed by atoms with Crippen molar-refractivity contribution in [3.63, 3.8) is 0 Å². The Morgan fingerprint density at radius 3 is 2.65 bits per heavy atom. The van der Waals surface area contributed by atoms with E-state index in [1.807, 2.05) is 12.5 Å². The normalized spacial score (nSPS) is 36.6. The molecule has 0 radical (unpaired) electrons. The molecular weight excluding hydrogens is 416 g/mol. The quantitative estimate of drug-likeness (QED) is 0.375. The maximum Gasteiger partial charge on any atom is 0.100 e. The second-order valence-corrected chi connectivity index (χ2v) is 11.6. The van der Waals surface area contributed by atoms with Crippen molar-refractivity contribution in [2.45, 2.75) is 72.3 Å². The van der Waals surface area contributed by atoms with Crippen LogP contribution in [0.3, 0.4) is 0 Å². The Morgan fingerprint density at radius 2 is 1.79 bits per heavy atom. The van der Waals surface area contributed by atoms with Gasteiger partial charge in [-0.15, -0.1) is 0 Å². The highest BCUT2D eigenvalue weighted by molar-refractivity contribution is 5.80. The van der Waals surface area contributed by atoms with Gasteiger partial charge >= 0.3 is 0 Å². The minimum atomic E-state index is 0. The van der Waals surface area contributed by atoms with Crippen molar-refractivity contribution in [2.24, 2.45) is 28.6 Å². The third kappa shape index (κ3) is 2.90. The zero-order valence-electron chi connectivity index (χ0n) is 19.8. The van der Waals surface area contributed by atoms with E-state index in [4.69, 9.17) is 4.98 Å². The molecule has 7 rings (SSSR count). The van der Waals surface area contributed by atoms with Crippen molar-refractivity contribution in [1.82, 2.24) is 19.1 Å². The van der Waals surface area contributed by atoms with Gasteiger partial charge < -0.3 is 9.13 Å². The maximum atomic E-state index is 4.71. The van der Waals surface area contributed by atoms with Crippen LogP contribution < -0.4 is 0 Å². The average Bonchev–Trinajstić information content (AvgIpc) is 3.57. The molecule has 178 valence electrons. The minimum absolute atomic E-state index is 0. The summed E-state index contributed by atoms with van der Waals surface area (Å²) < 4.78 is 4.74. The fraction of sp³-hybridized carbons (Fsp3) is 0.533. The lowest BCUT2D eigenvalue weighted by atomic mass is 9.47. The molecule has 3 aromatic rings.